The minimum atomic E-state index is -0.560. The Balaban J connectivity index is 0.000000709. The van der Waals surface area contributed by atoms with Crippen LogP contribution in [-0.2, 0) is 66.4 Å². The Hall–Kier alpha value is -2.31. The van der Waals surface area contributed by atoms with E-state index in [2.05, 4.69) is 86.8 Å². The molecule has 0 radical (unpaired) electrons. The molecule has 0 aliphatic heterocycles. The summed E-state index contributed by atoms with van der Waals surface area (Å²) < 4.78 is 70.3. The molecule has 1 N–H and O–H groups in total. The third-order valence-electron chi connectivity index (χ3n) is 19.3. The second-order valence-electron chi connectivity index (χ2n) is 26.2. The first kappa shape index (κ1) is 84.7. The Labute approximate surface area is 551 Å². The summed E-state index contributed by atoms with van der Waals surface area (Å²) in [5.41, 5.74) is 5.84. The molecule has 518 valence electrons. The first-order valence-electron chi connectivity index (χ1n) is 32.8. The lowest BCUT2D eigenvalue weighted by molar-refractivity contribution is -0.174. The molecule has 16 heteroatoms. The van der Waals surface area contributed by atoms with E-state index in [4.69, 9.17) is 68.0 Å². The largest absolute Gasteiger partial charge is 0.466 e. The Bertz CT molecular complexity index is 2050. The maximum absolute atomic E-state index is 11.5. The highest BCUT2D eigenvalue weighted by Crippen LogP contribution is 2.61. The van der Waals surface area contributed by atoms with Crippen LogP contribution in [0, 0.1) is 64.6 Å². The second kappa shape index (κ2) is 46.7. The monoisotopic (exact) mass is 1320 g/mol. The van der Waals surface area contributed by atoms with Crippen molar-refractivity contribution in [1.29, 1.82) is 0 Å². The van der Waals surface area contributed by atoms with Crippen molar-refractivity contribution in [1.82, 2.24) is 0 Å². The average Bonchev–Trinajstić information content (AvgIpc) is 3.61. The zero-order valence-corrected chi connectivity index (χ0v) is 58.1. The number of halogens is 1. The average molecular weight is 1330 g/mol. The van der Waals surface area contributed by atoms with Crippen LogP contribution in [0.2, 0.25) is 0 Å². The molecule has 0 aromatic heterocycles. The van der Waals surface area contributed by atoms with Crippen molar-refractivity contribution in [2.75, 3.05) is 103 Å². The van der Waals surface area contributed by atoms with Gasteiger partial charge in [0.25, 0.3) is 0 Å². The van der Waals surface area contributed by atoms with Crippen molar-refractivity contribution in [3.05, 3.63) is 58.7 Å². The molecular formula is C73H129BrO15. The molecule has 5 saturated carbocycles. The number of carbonyl (C=O) groups is 1. The van der Waals surface area contributed by atoms with Gasteiger partial charge in [0.1, 0.15) is 58.4 Å². The van der Waals surface area contributed by atoms with Gasteiger partial charge in [0, 0.05) is 61.6 Å². The maximum atomic E-state index is 11.5. The van der Waals surface area contributed by atoms with E-state index in [9.17, 15) is 9.90 Å². The highest BCUT2D eigenvalue weighted by atomic mass is 79.9. The molecule has 0 saturated heterocycles. The quantitative estimate of drug-likeness (QED) is 0.0204. The minimum absolute atomic E-state index is 0. The van der Waals surface area contributed by atoms with Gasteiger partial charge in [-0.25, -0.2) is 0 Å². The lowest BCUT2D eigenvalue weighted by Gasteiger charge is -2.44. The molecule has 15 nitrogen and oxygen atoms in total. The predicted molar refractivity (Wildman–Crippen MR) is 363 cm³/mol. The van der Waals surface area contributed by atoms with Crippen LogP contribution in [0.5, 0.6) is 0 Å². The Morgan fingerprint density at radius 1 is 0.753 bits per heavy atom. The Kier molecular flexibility index (Phi) is 44.5. The van der Waals surface area contributed by atoms with E-state index < -0.39 is 23.9 Å². The molecule has 5 aliphatic rings. The number of allylic oxidation sites excluding steroid dienone is 4. The molecule has 0 unspecified atom stereocenters. The van der Waals surface area contributed by atoms with Gasteiger partial charge >= 0.3 is 5.97 Å². The molecule has 5 rings (SSSR count). The number of rotatable bonds is 39. The summed E-state index contributed by atoms with van der Waals surface area (Å²) in [6.45, 7) is 29.9. The highest BCUT2D eigenvalue weighted by Gasteiger charge is 2.52. The molecular weight excluding hydrogens is 1200 g/mol. The van der Waals surface area contributed by atoms with Gasteiger partial charge in [0.2, 0.25) is 0 Å². The van der Waals surface area contributed by atoms with E-state index in [1.807, 2.05) is 20.8 Å². The first-order valence-corrected chi connectivity index (χ1v) is 33.7. The van der Waals surface area contributed by atoms with Crippen LogP contribution in [0.4, 0.5) is 0 Å². The molecule has 5 fully saturated rings. The van der Waals surface area contributed by atoms with Crippen LogP contribution in [0.1, 0.15) is 199 Å². The smallest absolute Gasteiger partial charge is 0.305 e. The maximum Gasteiger partial charge on any atom is 0.305 e. The number of carbonyl (C=O) groups excluding carboxylic acids is 1. The van der Waals surface area contributed by atoms with Crippen LogP contribution in [0.25, 0.3) is 0 Å². The number of hydrogen-bond acceptors (Lipinski definition) is 15. The van der Waals surface area contributed by atoms with Crippen LogP contribution >= 0.6 is 15.9 Å². The van der Waals surface area contributed by atoms with Gasteiger partial charge in [-0.15, -0.1) is 18.9 Å². The van der Waals surface area contributed by atoms with E-state index in [-0.39, 0.29) is 60.2 Å². The number of esters is 1. The zero-order chi connectivity index (χ0) is 64.3. The normalized spacial score (nSPS) is 27.9. The van der Waals surface area contributed by atoms with Crippen molar-refractivity contribution in [3.63, 3.8) is 0 Å². The number of terminal acetylenes is 1. The summed E-state index contributed by atoms with van der Waals surface area (Å²) in [5, 5.41) is 10.2. The minimum Gasteiger partial charge on any atom is -0.466 e. The van der Waals surface area contributed by atoms with Crippen molar-refractivity contribution >= 4 is 21.9 Å². The van der Waals surface area contributed by atoms with E-state index in [0.29, 0.717) is 93.6 Å². The standard InChI is InChI=1S/C35H60O6.C19H31BrO2.C17H30O7.2CH4/c1-25(12-9-18-34(4,5)36)30-16-17-31-28(13-10-19-35(30,31)6)14-15-29-22-26(2)32(33(27(29)3)41-24-38-8)40-21-11-20-39-23-37-7;1-4-22-18(21)9-5-7-14(2)16-10-11-17-15(13-20)8-6-12-19(16,17)3;1-6-9-16(24-14-20-5)17(15(7-2)23-13-19-4)22-11-8-10-21-12-18-3;;/h14-15,25-26,30-33,36H,3,9-13,16-24H2,1-2,4-8H3;13-14,16-17H,4-12H2,1-3H3;1,7,15-17H,2,8-14H2,3-5H3;2*1H4/b28-14+,29-15-;15-13+;;;/t25-,26-,30-,31+,32-,33-,35-;14-,16-,17+,19-;15-,16-,17+;;/m111../s1. The molecule has 0 spiro atoms. The molecule has 0 aromatic carbocycles. The van der Waals surface area contributed by atoms with Crippen molar-refractivity contribution < 1.29 is 71.5 Å². The fourth-order valence-corrected chi connectivity index (χ4v) is 15.7. The van der Waals surface area contributed by atoms with Gasteiger partial charge in [-0.3, -0.25) is 4.79 Å². The van der Waals surface area contributed by atoms with E-state index in [1.54, 1.807) is 52.8 Å². The summed E-state index contributed by atoms with van der Waals surface area (Å²) in [4.78, 5) is 13.7. The number of hydrogen-bond donors (Lipinski definition) is 1. The zero-order valence-electron chi connectivity index (χ0n) is 56.5. The van der Waals surface area contributed by atoms with Crippen molar-refractivity contribution in [2.24, 2.45) is 52.3 Å². The van der Waals surface area contributed by atoms with Crippen molar-refractivity contribution in [3.8, 4) is 12.3 Å². The summed E-state index contributed by atoms with van der Waals surface area (Å²) in [6.07, 6.45) is 32.1. The van der Waals surface area contributed by atoms with Gasteiger partial charge in [-0.05, 0) is 192 Å². The first-order chi connectivity index (χ1) is 41.8. The number of ether oxygens (including phenoxy) is 13. The van der Waals surface area contributed by atoms with Gasteiger partial charge in [0.15, 0.2) is 0 Å². The summed E-state index contributed by atoms with van der Waals surface area (Å²) >= 11 is 3.59. The van der Waals surface area contributed by atoms with Crippen LogP contribution in [-0.4, -0.2) is 150 Å². The number of aliphatic hydroxyl groups is 1. The molecule has 0 aromatic rings. The lowest BCUT2D eigenvalue weighted by Crippen LogP contribution is -2.43. The van der Waals surface area contributed by atoms with Crippen LogP contribution in [0.3, 0.4) is 0 Å². The molecule has 14 atom stereocenters. The molecule has 5 aliphatic carbocycles. The van der Waals surface area contributed by atoms with Gasteiger partial charge in [0.05, 0.1) is 31.5 Å². The molecule has 89 heavy (non-hydrogen) atoms. The van der Waals surface area contributed by atoms with E-state index >= 15 is 0 Å². The van der Waals surface area contributed by atoms with Crippen LogP contribution in [0.15, 0.2) is 58.7 Å². The van der Waals surface area contributed by atoms with E-state index in [1.165, 1.54) is 76.2 Å². The number of fused-ring (bicyclic) bond motifs is 2. The fourth-order valence-electron chi connectivity index (χ4n) is 15.1. The van der Waals surface area contributed by atoms with Gasteiger partial charge < -0.3 is 66.7 Å². The number of methoxy groups -OCH3 is 5. The second-order valence-corrected chi connectivity index (χ2v) is 26.6. The Morgan fingerprint density at radius 2 is 1.30 bits per heavy atom. The summed E-state index contributed by atoms with van der Waals surface area (Å²) in [5.74, 6) is 7.29. The SMILES string of the molecule is C.C.C#CC[C@@H](OCOC)[C@@H](OCCCOCOC)[C@@H](C=C)OCOC.C=C1/C(=C\C=C2/CCC[C@]3(C)[C@@H]([C@H](C)CCCC(C)(C)O)CC[C@@H]23)C[C@@H](C)[C@@H](OCCCOCOC)[C@@H]1OCOC.CCOC(=O)CCC[C@@H](C)[C@H]1CC[C@H]2/C(=C/Br)CCC[C@]12C. The molecule has 0 heterocycles. The predicted octanol–water partition coefficient (Wildman–Crippen LogP) is 16.3. The third kappa shape index (κ3) is 28.3. The van der Waals surface area contributed by atoms with Gasteiger partial charge in [-0.2, -0.15) is 0 Å². The molecule has 0 bridgehead atoms. The molecule has 0 amide bonds. The van der Waals surface area contributed by atoms with Gasteiger partial charge in [-0.1, -0.05) is 114 Å². The fraction of sp³-hybridized carbons (Fsp3) is 0.822. The third-order valence-corrected chi connectivity index (χ3v) is 19.9. The van der Waals surface area contributed by atoms with Crippen LogP contribution < -0.4 is 0 Å². The highest BCUT2D eigenvalue weighted by molar-refractivity contribution is 9.11. The topological polar surface area (TPSA) is 157 Å². The van der Waals surface area contributed by atoms with E-state index in [0.717, 1.165) is 61.9 Å². The summed E-state index contributed by atoms with van der Waals surface area (Å²) in [6, 6.07) is 0. The lowest BCUT2D eigenvalue weighted by atomic mass is 9.60. The van der Waals surface area contributed by atoms with Crippen molar-refractivity contribution in [2.45, 2.75) is 235 Å². The summed E-state index contributed by atoms with van der Waals surface area (Å²) in [7, 11) is 7.95. The Morgan fingerprint density at radius 3 is 1.84 bits per heavy atom.